The van der Waals surface area contributed by atoms with E-state index in [2.05, 4.69) is 15.0 Å². The zero-order valence-electron chi connectivity index (χ0n) is 8.69. The molecule has 2 rings (SSSR count). The standard InChI is InChI=1S/C10H12N4S/c1-3-7-4-9(11)14-10(13-7)8-5-15-6(2)12-8/h4-5H,3H2,1-2H3,(H2,11,13,14). The number of rotatable bonds is 2. The second-order valence-electron chi connectivity index (χ2n) is 3.21. The predicted octanol–water partition coefficient (Wildman–Crippen LogP) is 2.05. The van der Waals surface area contributed by atoms with Gasteiger partial charge >= 0.3 is 0 Å². The number of aryl methyl sites for hydroxylation is 2. The summed E-state index contributed by atoms with van der Waals surface area (Å²) < 4.78 is 0. The molecule has 0 saturated carbocycles. The third kappa shape index (κ3) is 2.12. The van der Waals surface area contributed by atoms with Crippen molar-refractivity contribution in [3.05, 3.63) is 22.1 Å². The molecule has 0 fully saturated rings. The summed E-state index contributed by atoms with van der Waals surface area (Å²) in [7, 11) is 0. The smallest absolute Gasteiger partial charge is 0.181 e. The van der Waals surface area contributed by atoms with Crippen molar-refractivity contribution in [3.8, 4) is 11.5 Å². The van der Waals surface area contributed by atoms with Gasteiger partial charge in [0.15, 0.2) is 5.82 Å². The van der Waals surface area contributed by atoms with Crippen LogP contribution in [0.5, 0.6) is 0 Å². The molecule has 0 unspecified atom stereocenters. The highest BCUT2D eigenvalue weighted by Gasteiger charge is 2.07. The lowest BCUT2D eigenvalue weighted by atomic mass is 10.3. The minimum absolute atomic E-state index is 0.502. The highest BCUT2D eigenvalue weighted by molar-refractivity contribution is 7.09. The molecule has 2 aromatic heterocycles. The number of hydrogen-bond donors (Lipinski definition) is 1. The van der Waals surface area contributed by atoms with E-state index >= 15 is 0 Å². The summed E-state index contributed by atoms with van der Waals surface area (Å²) in [5.41, 5.74) is 7.46. The molecule has 0 aromatic carbocycles. The maximum absolute atomic E-state index is 5.70. The van der Waals surface area contributed by atoms with Crippen molar-refractivity contribution in [2.24, 2.45) is 0 Å². The van der Waals surface area contributed by atoms with Gasteiger partial charge in [0.05, 0.1) is 5.01 Å². The molecule has 5 heteroatoms. The third-order valence-electron chi connectivity index (χ3n) is 2.01. The Morgan fingerprint density at radius 3 is 2.73 bits per heavy atom. The number of hydrogen-bond acceptors (Lipinski definition) is 5. The molecular weight excluding hydrogens is 208 g/mol. The highest BCUT2D eigenvalue weighted by atomic mass is 32.1. The van der Waals surface area contributed by atoms with E-state index in [9.17, 15) is 0 Å². The Balaban J connectivity index is 2.48. The van der Waals surface area contributed by atoms with E-state index in [1.165, 1.54) is 0 Å². The summed E-state index contributed by atoms with van der Waals surface area (Å²) >= 11 is 1.59. The summed E-state index contributed by atoms with van der Waals surface area (Å²) in [6.07, 6.45) is 0.850. The average molecular weight is 220 g/mol. The number of thiazole rings is 1. The lowest BCUT2D eigenvalue weighted by molar-refractivity contribution is 1.00. The van der Waals surface area contributed by atoms with Crippen LogP contribution in [-0.2, 0) is 6.42 Å². The van der Waals surface area contributed by atoms with Crippen LogP contribution in [0.4, 0.5) is 5.82 Å². The molecule has 2 aromatic rings. The first-order valence-electron chi connectivity index (χ1n) is 4.75. The van der Waals surface area contributed by atoms with Crippen molar-refractivity contribution in [2.45, 2.75) is 20.3 Å². The Morgan fingerprint density at radius 2 is 2.13 bits per heavy atom. The van der Waals surface area contributed by atoms with Gasteiger partial charge in [0, 0.05) is 17.1 Å². The molecule has 0 aliphatic heterocycles. The molecular formula is C10H12N4S. The maximum atomic E-state index is 5.70. The monoisotopic (exact) mass is 220 g/mol. The van der Waals surface area contributed by atoms with Gasteiger partial charge in [0.2, 0.25) is 0 Å². The fraction of sp³-hybridized carbons (Fsp3) is 0.300. The average Bonchev–Trinajstić information content (AvgIpc) is 2.64. The van der Waals surface area contributed by atoms with Gasteiger partial charge in [0.1, 0.15) is 11.5 Å². The molecule has 2 N–H and O–H groups in total. The van der Waals surface area contributed by atoms with Gasteiger partial charge in [-0.3, -0.25) is 0 Å². The second kappa shape index (κ2) is 3.94. The van der Waals surface area contributed by atoms with Crippen molar-refractivity contribution < 1.29 is 0 Å². The second-order valence-corrected chi connectivity index (χ2v) is 4.28. The van der Waals surface area contributed by atoms with E-state index in [1.807, 2.05) is 19.2 Å². The fourth-order valence-corrected chi connectivity index (χ4v) is 1.87. The van der Waals surface area contributed by atoms with Gasteiger partial charge in [-0.1, -0.05) is 6.92 Å². The number of nitrogens with two attached hydrogens (primary N) is 1. The Kier molecular flexibility index (Phi) is 2.64. The maximum Gasteiger partial charge on any atom is 0.181 e. The summed E-state index contributed by atoms with van der Waals surface area (Å²) in [5, 5.41) is 2.96. The minimum atomic E-state index is 0.502. The summed E-state index contributed by atoms with van der Waals surface area (Å²) in [5.74, 6) is 1.12. The number of nitrogen functional groups attached to an aromatic ring is 1. The molecule has 0 saturated heterocycles. The van der Waals surface area contributed by atoms with E-state index in [4.69, 9.17) is 5.73 Å². The van der Waals surface area contributed by atoms with Crippen LogP contribution in [0, 0.1) is 6.92 Å². The van der Waals surface area contributed by atoms with Crippen LogP contribution in [0.1, 0.15) is 17.6 Å². The van der Waals surface area contributed by atoms with Gasteiger partial charge in [-0.2, -0.15) is 0 Å². The molecule has 4 nitrogen and oxygen atoms in total. The van der Waals surface area contributed by atoms with E-state index in [0.717, 1.165) is 22.8 Å². The van der Waals surface area contributed by atoms with Crippen LogP contribution in [-0.4, -0.2) is 15.0 Å². The van der Waals surface area contributed by atoms with Gasteiger partial charge in [0.25, 0.3) is 0 Å². The SMILES string of the molecule is CCc1cc(N)nc(-c2csc(C)n2)n1. The Hall–Kier alpha value is -1.49. The van der Waals surface area contributed by atoms with Crippen molar-refractivity contribution in [2.75, 3.05) is 5.73 Å². The van der Waals surface area contributed by atoms with Gasteiger partial charge in [-0.25, -0.2) is 15.0 Å². The van der Waals surface area contributed by atoms with E-state index in [1.54, 1.807) is 17.4 Å². The van der Waals surface area contributed by atoms with Crippen molar-refractivity contribution in [1.29, 1.82) is 0 Å². The Bertz CT molecular complexity index is 478. The van der Waals surface area contributed by atoms with Crippen LogP contribution in [0.25, 0.3) is 11.5 Å². The lowest BCUT2D eigenvalue weighted by Crippen LogP contribution is -1.99. The fourth-order valence-electron chi connectivity index (χ4n) is 1.28. The van der Waals surface area contributed by atoms with Gasteiger partial charge in [-0.05, 0) is 13.3 Å². The number of aromatic nitrogens is 3. The van der Waals surface area contributed by atoms with Crippen LogP contribution in [0.2, 0.25) is 0 Å². The predicted molar refractivity (Wildman–Crippen MR) is 61.7 cm³/mol. The van der Waals surface area contributed by atoms with Crippen molar-refractivity contribution in [1.82, 2.24) is 15.0 Å². The summed E-state index contributed by atoms with van der Waals surface area (Å²) in [6.45, 7) is 4.00. The molecule has 0 aliphatic carbocycles. The van der Waals surface area contributed by atoms with Crippen LogP contribution >= 0.6 is 11.3 Å². The molecule has 0 radical (unpaired) electrons. The topological polar surface area (TPSA) is 64.7 Å². The molecule has 0 atom stereocenters. The highest BCUT2D eigenvalue weighted by Crippen LogP contribution is 2.19. The van der Waals surface area contributed by atoms with Crippen molar-refractivity contribution in [3.63, 3.8) is 0 Å². The minimum Gasteiger partial charge on any atom is -0.384 e. The van der Waals surface area contributed by atoms with Crippen molar-refractivity contribution >= 4 is 17.2 Å². The molecule has 78 valence electrons. The molecule has 0 aliphatic rings. The number of nitrogens with zero attached hydrogens (tertiary/aromatic N) is 3. The Labute approximate surface area is 92.2 Å². The van der Waals surface area contributed by atoms with Crippen LogP contribution < -0.4 is 5.73 Å². The third-order valence-corrected chi connectivity index (χ3v) is 2.78. The Morgan fingerprint density at radius 1 is 1.33 bits per heavy atom. The van der Waals surface area contributed by atoms with Gasteiger partial charge < -0.3 is 5.73 Å². The molecule has 2 heterocycles. The lowest BCUT2D eigenvalue weighted by Gasteiger charge is -2.01. The molecule has 0 bridgehead atoms. The normalized spacial score (nSPS) is 10.5. The zero-order valence-corrected chi connectivity index (χ0v) is 9.51. The largest absolute Gasteiger partial charge is 0.384 e. The van der Waals surface area contributed by atoms with Crippen LogP contribution in [0.3, 0.4) is 0 Å². The molecule has 15 heavy (non-hydrogen) atoms. The molecule has 0 amide bonds. The van der Waals surface area contributed by atoms with Crippen LogP contribution in [0.15, 0.2) is 11.4 Å². The summed E-state index contributed by atoms with van der Waals surface area (Å²) in [6, 6.07) is 1.79. The zero-order chi connectivity index (χ0) is 10.8. The quantitative estimate of drug-likeness (QED) is 0.841. The van der Waals surface area contributed by atoms with E-state index < -0.39 is 0 Å². The molecule has 0 spiro atoms. The first kappa shape index (κ1) is 10.0. The first-order chi connectivity index (χ1) is 7.19. The number of anilines is 1. The van der Waals surface area contributed by atoms with E-state index in [0.29, 0.717) is 11.6 Å². The van der Waals surface area contributed by atoms with E-state index in [-0.39, 0.29) is 0 Å². The first-order valence-corrected chi connectivity index (χ1v) is 5.63. The van der Waals surface area contributed by atoms with Gasteiger partial charge in [-0.15, -0.1) is 11.3 Å². The summed E-state index contributed by atoms with van der Waals surface area (Å²) in [4.78, 5) is 12.9.